The topological polar surface area (TPSA) is 46.2 Å². The van der Waals surface area contributed by atoms with Gasteiger partial charge in [-0.1, -0.05) is 35.2 Å². The van der Waals surface area contributed by atoms with Crippen LogP contribution in [0, 0.1) is 12.7 Å². The molecule has 1 fully saturated rings. The van der Waals surface area contributed by atoms with E-state index in [1.807, 2.05) is 0 Å². The van der Waals surface area contributed by atoms with Gasteiger partial charge in [-0.2, -0.15) is 0 Å². The molecule has 1 aliphatic carbocycles. The molecule has 112 valence electrons. The number of sulfonamides is 1. The van der Waals surface area contributed by atoms with Gasteiger partial charge in [-0.3, -0.25) is 0 Å². The smallest absolute Gasteiger partial charge is 0.207 e. The van der Waals surface area contributed by atoms with Crippen molar-refractivity contribution >= 4 is 26.0 Å². The standard InChI is InChI=1S/C14H19BrFNO2S/c1-11-9-12(16)5-6-13(11)20(18,19)17-14(10-15)7-3-2-4-8-14/h5-6,9,17H,2-4,7-8,10H2,1H3. The average Bonchev–Trinajstić information content (AvgIpc) is 2.38. The summed E-state index contributed by atoms with van der Waals surface area (Å²) in [4.78, 5) is 0.157. The van der Waals surface area contributed by atoms with Crippen molar-refractivity contribution in [1.29, 1.82) is 0 Å². The molecule has 1 saturated carbocycles. The normalized spacial score (nSPS) is 18.9. The third-order valence-corrected chi connectivity index (χ3v) is 6.66. The number of hydrogen-bond acceptors (Lipinski definition) is 2. The molecule has 1 N–H and O–H groups in total. The van der Waals surface area contributed by atoms with E-state index in [0.717, 1.165) is 32.1 Å². The summed E-state index contributed by atoms with van der Waals surface area (Å²) in [6, 6.07) is 3.76. The molecule has 1 aromatic rings. The van der Waals surface area contributed by atoms with E-state index in [4.69, 9.17) is 0 Å². The number of nitrogens with one attached hydrogen (secondary N) is 1. The third-order valence-electron chi connectivity index (χ3n) is 3.84. The SMILES string of the molecule is Cc1cc(F)ccc1S(=O)(=O)NC1(CBr)CCCCC1. The van der Waals surface area contributed by atoms with Gasteiger partial charge in [0.25, 0.3) is 0 Å². The molecule has 1 aromatic carbocycles. The Morgan fingerprint density at radius 2 is 1.95 bits per heavy atom. The molecule has 0 heterocycles. The second-order valence-corrected chi connectivity index (χ2v) is 7.70. The number of benzene rings is 1. The fourth-order valence-electron chi connectivity index (χ4n) is 2.75. The summed E-state index contributed by atoms with van der Waals surface area (Å²) in [5, 5.41) is 0.597. The van der Waals surface area contributed by atoms with E-state index >= 15 is 0 Å². The summed E-state index contributed by atoms with van der Waals surface area (Å²) in [5.41, 5.74) is 0.00999. The van der Waals surface area contributed by atoms with Gasteiger partial charge in [-0.05, 0) is 43.5 Å². The lowest BCUT2D eigenvalue weighted by atomic mass is 9.84. The third kappa shape index (κ3) is 3.40. The van der Waals surface area contributed by atoms with Crippen LogP contribution >= 0.6 is 15.9 Å². The van der Waals surface area contributed by atoms with Gasteiger partial charge >= 0.3 is 0 Å². The maximum atomic E-state index is 13.1. The second-order valence-electron chi connectivity index (χ2n) is 5.49. The zero-order valence-electron chi connectivity index (χ0n) is 11.5. The van der Waals surface area contributed by atoms with E-state index in [1.54, 1.807) is 6.92 Å². The highest BCUT2D eigenvalue weighted by Crippen LogP contribution is 2.31. The average molecular weight is 364 g/mol. The molecule has 3 nitrogen and oxygen atoms in total. The van der Waals surface area contributed by atoms with Crippen molar-refractivity contribution in [2.45, 2.75) is 49.5 Å². The highest BCUT2D eigenvalue weighted by molar-refractivity contribution is 9.09. The van der Waals surface area contributed by atoms with E-state index in [0.29, 0.717) is 10.9 Å². The number of aryl methyl sites for hydroxylation is 1. The van der Waals surface area contributed by atoms with E-state index in [1.165, 1.54) is 18.2 Å². The Labute approximate surface area is 128 Å². The Hall–Kier alpha value is -0.460. The summed E-state index contributed by atoms with van der Waals surface area (Å²) < 4.78 is 41.0. The van der Waals surface area contributed by atoms with Gasteiger partial charge in [-0.15, -0.1) is 0 Å². The van der Waals surface area contributed by atoms with Crippen molar-refractivity contribution in [1.82, 2.24) is 4.72 Å². The van der Waals surface area contributed by atoms with Crippen molar-refractivity contribution < 1.29 is 12.8 Å². The van der Waals surface area contributed by atoms with Gasteiger partial charge in [0, 0.05) is 10.9 Å². The van der Waals surface area contributed by atoms with Gasteiger partial charge in [0.1, 0.15) is 5.82 Å². The molecule has 0 amide bonds. The number of halogens is 2. The van der Waals surface area contributed by atoms with Crippen molar-refractivity contribution in [3.8, 4) is 0 Å². The lowest BCUT2D eigenvalue weighted by Crippen LogP contribution is -2.51. The van der Waals surface area contributed by atoms with E-state index in [9.17, 15) is 12.8 Å². The Balaban J connectivity index is 2.30. The summed E-state index contributed by atoms with van der Waals surface area (Å²) >= 11 is 3.44. The Morgan fingerprint density at radius 1 is 1.30 bits per heavy atom. The molecule has 0 radical (unpaired) electrons. The first kappa shape index (κ1) is 15.9. The van der Waals surface area contributed by atoms with Crippen molar-refractivity contribution in [3.63, 3.8) is 0 Å². The highest BCUT2D eigenvalue weighted by Gasteiger charge is 2.35. The molecule has 2 rings (SSSR count). The summed E-state index contributed by atoms with van der Waals surface area (Å²) in [5.74, 6) is -0.422. The van der Waals surface area contributed by atoms with Gasteiger partial charge in [0.05, 0.1) is 4.90 Å². The predicted molar refractivity (Wildman–Crippen MR) is 81.1 cm³/mol. The van der Waals surface area contributed by atoms with Crippen LogP contribution < -0.4 is 4.72 Å². The van der Waals surface area contributed by atoms with Crippen LogP contribution in [0.15, 0.2) is 23.1 Å². The van der Waals surface area contributed by atoms with E-state index in [2.05, 4.69) is 20.7 Å². The first-order chi connectivity index (χ1) is 9.38. The van der Waals surface area contributed by atoms with Crippen LogP contribution in [0.4, 0.5) is 4.39 Å². The van der Waals surface area contributed by atoms with Crippen LogP contribution in [-0.4, -0.2) is 19.3 Å². The van der Waals surface area contributed by atoms with Crippen LogP contribution in [0.5, 0.6) is 0 Å². The first-order valence-corrected chi connectivity index (χ1v) is 9.35. The molecule has 0 unspecified atom stereocenters. The summed E-state index contributed by atoms with van der Waals surface area (Å²) in [6.45, 7) is 1.61. The van der Waals surface area contributed by atoms with E-state index in [-0.39, 0.29) is 4.90 Å². The molecule has 0 spiro atoms. The Bertz CT molecular complexity index is 583. The minimum absolute atomic E-state index is 0.157. The van der Waals surface area contributed by atoms with Crippen molar-refractivity contribution in [2.75, 3.05) is 5.33 Å². The quantitative estimate of drug-likeness (QED) is 0.831. The lowest BCUT2D eigenvalue weighted by Gasteiger charge is -2.36. The minimum atomic E-state index is -3.62. The Morgan fingerprint density at radius 3 is 2.50 bits per heavy atom. The fraction of sp³-hybridized carbons (Fsp3) is 0.571. The zero-order valence-corrected chi connectivity index (χ0v) is 13.9. The Kier molecular flexibility index (Phi) is 4.87. The lowest BCUT2D eigenvalue weighted by molar-refractivity contribution is 0.301. The predicted octanol–water partition coefficient (Wildman–Crippen LogP) is 3.51. The number of alkyl halides is 1. The number of hydrogen-bond donors (Lipinski definition) is 1. The molecular formula is C14H19BrFNO2S. The second kappa shape index (κ2) is 6.12. The molecule has 0 saturated heterocycles. The first-order valence-electron chi connectivity index (χ1n) is 6.75. The van der Waals surface area contributed by atoms with Crippen LogP contribution in [-0.2, 0) is 10.0 Å². The minimum Gasteiger partial charge on any atom is -0.207 e. The van der Waals surface area contributed by atoms with Gasteiger partial charge in [-0.25, -0.2) is 17.5 Å². The highest BCUT2D eigenvalue weighted by atomic mass is 79.9. The van der Waals surface area contributed by atoms with Crippen LogP contribution in [0.2, 0.25) is 0 Å². The zero-order chi connectivity index (χ0) is 14.8. The van der Waals surface area contributed by atoms with Crippen LogP contribution in [0.25, 0.3) is 0 Å². The molecule has 0 bridgehead atoms. The summed E-state index contributed by atoms with van der Waals surface area (Å²) in [6.07, 6.45) is 4.86. The molecule has 6 heteroatoms. The van der Waals surface area contributed by atoms with Gasteiger partial charge in [0.15, 0.2) is 0 Å². The monoisotopic (exact) mass is 363 g/mol. The fourth-order valence-corrected chi connectivity index (χ4v) is 5.32. The van der Waals surface area contributed by atoms with Crippen LogP contribution in [0.1, 0.15) is 37.7 Å². The van der Waals surface area contributed by atoms with Crippen LogP contribution in [0.3, 0.4) is 0 Å². The van der Waals surface area contributed by atoms with Crippen molar-refractivity contribution in [3.05, 3.63) is 29.6 Å². The van der Waals surface area contributed by atoms with Gasteiger partial charge < -0.3 is 0 Å². The largest absolute Gasteiger partial charge is 0.241 e. The maximum absolute atomic E-state index is 13.1. The molecule has 0 aromatic heterocycles. The molecular weight excluding hydrogens is 345 g/mol. The molecule has 0 aliphatic heterocycles. The maximum Gasteiger partial charge on any atom is 0.241 e. The van der Waals surface area contributed by atoms with Crippen molar-refractivity contribution in [2.24, 2.45) is 0 Å². The van der Waals surface area contributed by atoms with E-state index < -0.39 is 21.4 Å². The molecule has 0 atom stereocenters. The summed E-state index contributed by atoms with van der Waals surface area (Å²) in [7, 11) is -3.62. The molecule has 20 heavy (non-hydrogen) atoms. The molecule has 1 aliphatic rings. The number of rotatable bonds is 4. The van der Waals surface area contributed by atoms with Gasteiger partial charge in [0.2, 0.25) is 10.0 Å².